The van der Waals surface area contributed by atoms with Crippen LogP contribution in [-0.2, 0) is 16.1 Å². The van der Waals surface area contributed by atoms with E-state index in [1.54, 1.807) is 47.5 Å². The highest BCUT2D eigenvalue weighted by Gasteiger charge is 2.24. The summed E-state index contributed by atoms with van der Waals surface area (Å²) in [5.41, 5.74) is 2.11. The second kappa shape index (κ2) is 9.08. The van der Waals surface area contributed by atoms with Crippen LogP contribution in [0.25, 0.3) is 16.9 Å². The molecule has 0 aliphatic rings. The first-order chi connectivity index (χ1) is 15.1. The number of furan rings is 1. The molecule has 4 rings (SSSR count). The summed E-state index contributed by atoms with van der Waals surface area (Å²) >= 11 is 0. The molecule has 0 saturated carbocycles. The Morgan fingerprint density at radius 3 is 2.68 bits per heavy atom. The number of para-hydroxylation sites is 1. The monoisotopic (exact) mass is 416 g/mol. The molecule has 0 aliphatic heterocycles. The Morgan fingerprint density at radius 2 is 1.97 bits per heavy atom. The molecular formula is C23H20N4O4. The molecule has 0 fully saturated rings. The molecule has 3 heterocycles. The lowest BCUT2D eigenvalue weighted by molar-refractivity contribution is -0.129. The molecule has 0 unspecified atom stereocenters. The number of esters is 1. The number of carbonyl (C=O) groups excluding carboxylic acids is 2. The van der Waals surface area contributed by atoms with Crippen molar-refractivity contribution >= 4 is 11.9 Å². The molecule has 0 saturated heterocycles. The van der Waals surface area contributed by atoms with Crippen molar-refractivity contribution in [2.24, 2.45) is 0 Å². The molecule has 0 radical (unpaired) electrons. The number of benzene rings is 1. The van der Waals surface area contributed by atoms with E-state index in [1.807, 2.05) is 30.3 Å². The first-order valence-corrected chi connectivity index (χ1v) is 9.68. The summed E-state index contributed by atoms with van der Waals surface area (Å²) in [5.74, 6) is -0.473. The van der Waals surface area contributed by atoms with Gasteiger partial charge in [0.05, 0.1) is 18.5 Å². The topological polar surface area (TPSA) is 99.3 Å². The number of rotatable bonds is 7. The van der Waals surface area contributed by atoms with Crippen molar-refractivity contribution in [3.63, 3.8) is 0 Å². The quantitative estimate of drug-likeness (QED) is 0.464. The minimum Gasteiger partial charge on any atom is -0.467 e. The number of pyridine rings is 1. The van der Waals surface area contributed by atoms with Gasteiger partial charge >= 0.3 is 5.97 Å². The minimum absolute atomic E-state index is 0.209. The molecule has 8 heteroatoms. The third-order valence-electron chi connectivity index (χ3n) is 4.56. The molecule has 156 valence electrons. The average Bonchev–Trinajstić information content (AvgIpc) is 3.49. The van der Waals surface area contributed by atoms with E-state index < -0.39 is 18.0 Å². The van der Waals surface area contributed by atoms with E-state index in [4.69, 9.17) is 9.15 Å². The number of hydrogen-bond acceptors (Lipinski definition) is 6. The van der Waals surface area contributed by atoms with E-state index in [1.165, 1.54) is 13.2 Å². The van der Waals surface area contributed by atoms with Crippen LogP contribution in [0.3, 0.4) is 0 Å². The van der Waals surface area contributed by atoms with Gasteiger partial charge in [0.1, 0.15) is 17.0 Å². The van der Waals surface area contributed by atoms with Crippen LogP contribution in [0, 0.1) is 0 Å². The zero-order valence-corrected chi connectivity index (χ0v) is 16.8. The van der Waals surface area contributed by atoms with Gasteiger partial charge in [-0.2, -0.15) is 5.10 Å². The van der Waals surface area contributed by atoms with Crippen molar-refractivity contribution < 1.29 is 18.7 Å². The predicted octanol–water partition coefficient (Wildman–Crippen LogP) is 3.39. The fourth-order valence-corrected chi connectivity index (χ4v) is 2.96. The van der Waals surface area contributed by atoms with Gasteiger partial charge in [-0.3, -0.25) is 9.78 Å². The zero-order chi connectivity index (χ0) is 21.6. The lowest BCUT2D eigenvalue weighted by Crippen LogP contribution is -2.35. The van der Waals surface area contributed by atoms with Crippen LogP contribution in [-0.4, -0.2) is 32.7 Å². The maximum absolute atomic E-state index is 12.9. The minimum atomic E-state index is -0.996. The van der Waals surface area contributed by atoms with Gasteiger partial charge in [-0.15, -0.1) is 0 Å². The molecule has 1 N–H and O–H groups in total. The molecule has 3 aromatic heterocycles. The second-order valence-corrected chi connectivity index (χ2v) is 6.76. The summed E-state index contributed by atoms with van der Waals surface area (Å²) in [6, 6.07) is 16.4. The Balaban J connectivity index is 1.55. The van der Waals surface area contributed by atoms with E-state index >= 15 is 0 Å². The Morgan fingerprint density at radius 1 is 1.13 bits per heavy atom. The van der Waals surface area contributed by atoms with Gasteiger partial charge in [0, 0.05) is 24.2 Å². The van der Waals surface area contributed by atoms with Gasteiger partial charge < -0.3 is 14.5 Å². The molecule has 31 heavy (non-hydrogen) atoms. The van der Waals surface area contributed by atoms with Crippen molar-refractivity contribution in [3.8, 4) is 16.9 Å². The normalized spacial score (nSPS) is 11.6. The Kier molecular flexibility index (Phi) is 5.89. The fourth-order valence-electron chi connectivity index (χ4n) is 2.96. The first kappa shape index (κ1) is 20.1. The lowest BCUT2D eigenvalue weighted by atomic mass is 10.1. The third kappa shape index (κ3) is 4.69. The van der Waals surface area contributed by atoms with Crippen LogP contribution in [0.2, 0.25) is 0 Å². The molecule has 0 spiro atoms. The number of aromatic nitrogens is 3. The van der Waals surface area contributed by atoms with Crippen molar-refractivity contribution in [3.05, 3.63) is 90.8 Å². The van der Waals surface area contributed by atoms with Gasteiger partial charge in [0.2, 0.25) is 0 Å². The number of amides is 1. The van der Waals surface area contributed by atoms with Crippen LogP contribution in [0.15, 0.2) is 83.9 Å². The summed E-state index contributed by atoms with van der Waals surface area (Å²) in [6.07, 6.45) is 5.38. The van der Waals surface area contributed by atoms with Crippen LogP contribution in [0.4, 0.5) is 0 Å². The summed E-state index contributed by atoms with van der Waals surface area (Å²) in [5, 5.41) is 7.24. The summed E-state index contributed by atoms with van der Waals surface area (Å²) in [4.78, 5) is 29.4. The van der Waals surface area contributed by atoms with Crippen molar-refractivity contribution in [1.82, 2.24) is 20.1 Å². The fraction of sp³-hybridized carbons (Fsp3) is 0.130. The standard InChI is InChI=1S/C23H20N4O4/c1-16(22(28)25-14-19-10-6-12-30-19)31-23(29)20-15-27(18-8-3-2-4-9-18)26-21(20)17-7-5-11-24-13-17/h2-13,15-16H,14H2,1H3,(H,25,28)/t16-/m0/s1. The zero-order valence-electron chi connectivity index (χ0n) is 16.8. The van der Waals surface area contributed by atoms with E-state index in [-0.39, 0.29) is 12.1 Å². The van der Waals surface area contributed by atoms with Gasteiger partial charge in [0.25, 0.3) is 5.91 Å². The van der Waals surface area contributed by atoms with Crippen molar-refractivity contribution in [2.75, 3.05) is 0 Å². The van der Waals surface area contributed by atoms with E-state index in [9.17, 15) is 9.59 Å². The van der Waals surface area contributed by atoms with E-state index in [0.717, 1.165) is 5.69 Å². The molecule has 0 aliphatic carbocycles. The third-order valence-corrected chi connectivity index (χ3v) is 4.56. The SMILES string of the molecule is C[C@H](OC(=O)c1cn(-c2ccccc2)nc1-c1cccnc1)C(=O)NCc1ccco1. The Hall–Kier alpha value is -4.20. The smallest absolute Gasteiger partial charge is 0.342 e. The van der Waals surface area contributed by atoms with Gasteiger partial charge in [-0.1, -0.05) is 18.2 Å². The lowest BCUT2D eigenvalue weighted by Gasteiger charge is -2.13. The molecule has 1 atom stereocenters. The molecule has 1 amide bonds. The van der Waals surface area contributed by atoms with Gasteiger partial charge in [-0.25, -0.2) is 9.48 Å². The van der Waals surface area contributed by atoms with Crippen LogP contribution < -0.4 is 5.32 Å². The Bertz CT molecular complexity index is 1160. The largest absolute Gasteiger partial charge is 0.467 e. The summed E-state index contributed by atoms with van der Waals surface area (Å²) < 4.78 is 12.2. The molecule has 4 aromatic rings. The van der Waals surface area contributed by atoms with Crippen LogP contribution in [0.5, 0.6) is 0 Å². The van der Waals surface area contributed by atoms with Gasteiger partial charge in [-0.05, 0) is 43.3 Å². The maximum Gasteiger partial charge on any atom is 0.342 e. The summed E-state index contributed by atoms with van der Waals surface area (Å²) in [6.45, 7) is 1.72. The molecule has 8 nitrogen and oxygen atoms in total. The van der Waals surface area contributed by atoms with Crippen LogP contribution in [0.1, 0.15) is 23.0 Å². The number of nitrogens with one attached hydrogen (secondary N) is 1. The molecular weight excluding hydrogens is 396 g/mol. The molecule has 0 bridgehead atoms. The number of carbonyl (C=O) groups is 2. The van der Waals surface area contributed by atoms with Crippen molar-refractivity contribution in [1.29, 1.82) is 0 Å². The number of ether oxygens (including phenoxy) is 1. The highest BCUT2D eigenvalue weighted by molar-refractivity contribution is 5.97. The number of nitrogens with zero attached hydrogens (tertiary/aromatic N) is 3. The van der Waals surface area contributed by atoms with E-state index in [2.05, 4.69) is 15.4 Å². The maximum atomic E-state index is 12.9. The first-order valence-electron chi connectivity index (χ1n) is 9.68. The number of hydrogen-bond donors (Lipinski definition) is 1. The van der Waals surface area contributed by atoms with Crippen LogP contribution >= 0.6 is 0 Å². The predicted molar refractivity (Wildman–Crippen MR) is 112 cm³/mol. The average molecular weight is 416 g/mol. The highest BCUT2D eigenvalue weighted by atomic mass is 16.5. The van der Waals surface area contributed by atoms with E-state index in [0.29, 0.717) is 17.0 Å². The highest BCUT2D eigenvalue weighted by Crippen LogP contribution is 2.24. The second-order valence-electron chi connectivity index (χ2n) is 6.76. The van der Waals surface area contributed by atoms with Crippen molar-refractivity contribution in [2.45, 2.75) is 19.6 Å². The van der Waals surface area contributed by atoms with Gasteiger partial charge in [0.15, 0.2) is 6.10 Å². The summed E-state index contributed by atoms with van der Waals surface area (Å²) in [7, 11) is 0. The molecule has 1 aromatic carbocycles. The Labute approximate surface area is 178 Å².